The van der Waals surface area contributed by atoms with Crippen LogP contribution in [0.15, 0.2) is 6.33 Å². The van der Waals surface area contributed by atoms with Crippen molar-refractivity contribution >= 4 is 5.82 Å². The molecular formula is C12H21N3O. The van der Waals surface area contributed by atoms with Crippen LogP contribution >= 0.6 is 0 Å². The van der Waals surface area contributed by atoms with Crippen LogP contribution in [0.3, 0.4) is 0 Å². The molecule has 0 unspecified atom stereocenters. The number of rotatable bonds is 6. The normalized spacial score (nSPS) is 10.6. The Morgan fingerprint density at radius 1 is 1.31 bits per heavy atom. The van der Waals surface area contributed by atoms with Crippen LogP contribution in [0.2, 0.25) is 0 Å². The Kier molecular flexibility index (Phi) is 5.02. The van der Waals surface area contributed by atoms with Gasteiger partial charge >= 0.3 is 0 Å². The second-order valence-corrected chi connectivity index (χ2v) is 3.95. The lowest BCUT2D eigenvalue weighted by Gasteiger charge is -2.15. The van der Waals surface area contributed by atoms with Gasteiger partial charge in [-0.2, -0.15) is 0 Å². The first-order chi connectivity index (χ1) is 7.69. The molecule has 0 aliphatic rings. The smallest absolute Gasteiger partial charge is 0.222 e. The molecule has 0 fully saturated rings. The summed E-state index contributed by atoms with van der Waals surface area (Å²) >= 11 is 0. The van der Waals surface area contributed by atoms with E-state index >= 15 is 0 Å². The largest absolute Gasteiger partial charge is 0.475 e. The van der Waals surface area contributed by atoms with Crippen LogP contribution < -0.4 is 10.1 Å². The summed E-state index contributed by atoms with van der Waals surface area (Å²) in [5.41, 5.74) is 1.06. The second kappa shape index (κ2) is 6.30. The van der Waals surface area contributed by atoms with Gasteiger partial charge in [0, 0.05) is 6.54 Å². The summed E-state index contributed by atoms with van der Waals surface area (Å²) in [6, 6.07) is 0. The third kappa shape index (κ3) is 3.36. The molecular weight excluding hydrogens is 202 g/mol. The quantitative estimate of drug-likeness (QED) is 0.805. The number of hydrogen-bond acceptors (Lipinski definition) is 4. The number of anilines is 1. The molecule has 0 bridgehead atoms. The fraction of sp³-hybridized carbons (Fsp3) is 0.667. The van der Waals surface area contributed by atoms with Crippen LogP contribution in [-0.2, 0) is 6.42 Å². The zero-order valence-electron chi connectivity index (χ0n) is 10.6. The van der Waals surface area contributed by atoms with Crippen LogP contribution in [0.25, 0.3) is 0 Å². The Morgan fingerprint density at radius 2 is 2.06 bits per heavy atom. The van der Waals surface area contributed by atoms with Gasteiger partial charge in [0.1, 0.15) is 12.1 Å². The van der Waals surface area contributed by atoms with Crippen LogP contribution in [0.4, 0.5) is 5.82 Å². The Morgan fingerprint density at radius 3 is 2.62 bits per heavy atom. The van der Waals surface area contributed by atoms with Gasteiger partial charge in [0.2, 0.25) is 5.88 Å². The lowest BCUT2D eigenvalue weighted by Crippen LogP contribution is -2.12. The summed E-state index contributed by atoms with van der Waals surface area (Å²) in [6.07, 6.45) is 3.64. The van der Waals surface area contributed by atoms with E-state index in [4.69, 9.17) is 4.74 Å². The highest BCUT2D eigenvalue weighted by Crippen LogP contribution is 2.23. The molecule has 90 valence electrons. The maximum atomic E-state index is 5.67. The van der Waals surface area contributed by atoms with E-state index in [1.165, 1.54) is 0 Å². The summed E-state index contributed by atoms with van der Waals surface area (Å²) in [4.78, 5) is 8.44. The molecule has 0 saturated heterocycles. The van der Waals surface area contributed by atoms with Crippen LogP contribution in [0.5, 0.6) is 5.88 Å². The third-order valence-electron chi connectivity index (χ3n) is 2.15. The summed E-state index contributed by atoms with van der Waals surface area (Å²) < 4.78 is 5.67. The minimum Gasteiger partial charge on any atom is -0.475 e. The predicted octanol–water partition coefficient (Wildman–Crippen LogP) is 2.65. The van der Waals surface area contributed by atoms with E-state index in [0.29, 0.717) is 5.88 Å². The van der Waals surface area contributed by atoms with Crippen molar-refractivity contribution in [3.8, 4) is 5.88 Å². The zero-order chi connectivity index (χ0) is 12.0. The first-order valence-corrected chi connectivity index (χ1v) is 5.93. The zero-order valence-corrected chi connectivity index (χ0v) is 10.6. The molecule has 1 aromatic heterocycles. The van der Waals surface area contributed by atoms with Crippen molar-refractivity contribution in [3.63, 3.8) is 0 Å². The molecule has 0 aliphatic heterocycles. The van der Waals surface area contributed by atoms with Gasteiger partial charge in [0.25, 0.3) is 0 Å². The van der Waals surface area contributed by atoms with E-state index in [2.05, 4.69) is 29.1 Å². The van der Waals surface area contributed by atoms with E-state index < -0.39 is 0 Å². The molecule has 16 heavy (non-hydrogen) atoms. The molecule has 0 radical (unpaired) electrons. The molecule has 0 atom stereocenters. The highest BCUT2D eigenvalue weighted by Gasteiger charge is 2.11. The Labute approximate surface area is 97.5 Å². The SMILES string of the molecule is CCCNc1ncnc(OC(C)C)c1CC. The summed E-state index contributed by atoms with van der Waals surface area (Å²) in [7, 11) is 0. The first-order valence-electron chi connectivity index (χ1n) is 5.93. The maximum absolute atomic E-state index is 5.67. The summed E-state index contributed by atoms with van der Waals surface area (Å²) in [5.74, 6) is 1.60. The van der Waals surface area contributed by atoms with Crippen LogP contribution in [-0.4, -0.2) is 22.6 Å². The average molecular weight is 223 g/mol. The second-order valence-electron chi connectivity index (χ2n) is 3.95. The average Bonchev–Trinajstić information content (AvgIpc) is 2.25. The summed E-state index contributed by atoms with van der Waals surface area (Å²) in [5, 5.41) is 3.30. The highest BCUT2D eigenvalue weighted by molar-refractivity contribution is 5.48. The predicted molar refractivity (Wildman–Crippen MR) is 66.0 cm³/mol. The lowest BCUT2D eigenvalue weighted by molar-refractivity contribution is 0.230. The number of hydrogen-bond donors (Lipinski definition) is 1. The molecule has 0 aliphatic carbocycles. The Bertz CT molecular complexity index is 326. The lowest BCUT2D eigenvalue weighted by atomic mass is 10.2. The minimum atomic E-state index is 0.138. The van der Waals surface area contributed by atoms with Crippen molar-refractivity contribution in [1.29, 1.82) is 0 Å². The number of aromatic nitrogens is 2. The number of ether oxygens (including phenoxy) is 1. The van der Waals surface area contributed by atoms with Gasteiger partial charge in [0.15, 0.2) is 0 Å². The van der Waals surface area contributed by atoms with Gasteiger partial charge in [-0.15, -0.1) is 0 Å². The van der Waals surface area contributed by atoms with Crippen molar-refractivity contribution in [2.24, 2.45) is 0 Å². The summed E-state index contributed by atoms with van der Waals surface area (Å²) in [6.45, 7) is 9.14. The Balaban J connectivity index is 2.91. The Hall–Kier alpha value is -1.32. The molecule has 0 saturated carbocycles. The molecule has 4 heteroatoms. The fourth-order valence-electron chi connectivity index (χ4n) is 1.44. The monoisotopic (exact) mass is 223 g/mol. The standard InChI is InChI=1S/C12H21N3O/c1-5-7-13-11-10(6-2)12(15-8-14-11)16-9(3)4/h8-9H,5-7H2,1-4H3,(H,13,14,15). The molecule has 1 aromatic rings. The molecule has 1 rings (SSSR count). The first kappa shape index (κ1) is 12.7. The van der Waals surface area contributed by atoms with E-state index in [1.807, 2.05) is 13.8 Å². The van der Waals surface area contributed by atoms with E-state index in [-0.39, 0.29) is 6.10 Å². The van der Waals surface area contributed by atoms with Gasteiger partial charge in [-0.05, 0) is 26.7 Å². The molecule has 1 N–H and O–H groups in total. The molecule has 0 amide bonds. The fourth-order valence-corrected chi connectivity index (χ4v) is 1.44. The molecule has 0 spiro atoms. The third-order valence-corrected chi connectivity index (χ3v) is 2.15. The van der Waals surface area contributed by atoms with Crippen molar-refractivity contribution < 1.29 is 4.74 Å². The van der Waals surface area contributed by atoms with Crippen LogP contribution in [0.1, 0.15) is 39.7 Å². The van der Waals surface area contributed by atoms with Crippen molar-refractivity contribution in [2.75, 3.05) is 11.9 Å². The molecule has 1 heterocycles. The van der Waals surface area contributed by atoms with Gasteiger partial charge in [-0.3, -0.25) is 0 Å². The maximum Gasteiger partial charge on any atom is 0.222 e. The van der Waals surface area contributed by atoms with Gasteiger partial charge < -0.3 is 10.1 Å². The highest BCUT2D eigenvalue weighted by atomic mass is 16.5. The topological polar surface area (TPSA) is 47.0 Å². The van der Waals surface area contributed by atoms with Gasteiger partial charge in [0.05, 0.1) is 11.7 Å². The van der Waals surface area contributed by atoms with Gasteiger partial charge in [-0.1, -0.05) is 13.8 Å². The van der Waals surface area contributed by atoms with Crippen molar-refractivity contribution in [2.45, 2.75) is 46.6 Å². The van der Waals surface area contributed by atoms with E-state index in [9.17, 15) is 0 Å². The number of nitrogens with one attached hydrogen (secondary N) is 1. The molecule has 0 aromatic carbocycles. The van der Waals surface area contributed by atoms with Crippen LogP contribution in [0, 0.1) is 0 Å². The van der Waals surface area contributed by atoms with Crippen molar-refractivity contribution in [1.82, 2.24) is 9.97 Å². The van der Waals surface area contributed by atoms with Gasteiger partial charge in [-0.25, -0.2) is 9.97 Å². The van der Waals surface area contributed by atoms with Crippen molar-refractivity contribution in [3.05, 3.63) is 11.9 Å². The van der Waals surface area contributed by atoms with E-state index in [0.717, 1.165) is 30.8 Å². The minimum absolute atomic E-state index is 0.138. The van der Waals surface area contributed by atoms with E-state index in [1.54, 1.807) is 6.33 Å². The number of nitrogens with zero attached hydrogens (tertiary/aromatic N) is 2. The molecule has 4 nitrogen and oxygen atoms in total.